The summed E-state index contributed by atoms with van der Waals surface area (Å²) in [6, 6.07) is 1.34. The maximum absolute atomic E-state index is 14.8. The van der Waals surface area contributed by atoms with Gasteiger partial charge in [-0.25, -0.2) is 18.9 Å². The topological polar surface area (TPSA) is 74.8 Å². The number of hydrogen-bond acceptors (Lipinski definition) is 7. The zero-order chi connectivity index (χ0) is 18.8. The summed E-state index contributed by atoms with van der Waals surface area (Å²) in [5, 5.41) is 1.07. The van der Waals surface area contributed by atoms with E-state index in [1.54, 1.807) is 17.7 Å². The first kappa shape index (κ1) is 18.9. The van der Waals surface area contributed by atoms with E-state index in [-0.39, 0.29) is 32.3 Å². The second kappa shape index (κ2) is 7.81. The molecule has 1 aliphatic rings. The van der Waals surface area contributed by atoms with Crippen LogP contribution in [-0.4, -0.2) is 35.6 Å². The Morgan fingerprint density at radius 1 is 1.46 bits per heavy atom. The van der Waals surface area contributed by atoms with Gasteiger partial charge >= 0.3 is 4.87 Å². The van der Waals surface area contributed by atoms with Crippen molar-refractivity contribution in [2.45, 2.75) is 24.1 Å². The summed E-state index contributed by atoms with van der Waals surface area (Å²) in [6.07, 6.45) is -0.140. The number of ether oxygens (including phenoxy) is 2. The Bertz CT molecular complexity index is 1020. The molecule has 0 amide bonds. The second-order valence-electron chi connectivity index (χ2n) is 5.19. The van der Waals surface area contributed by atoms with Crippen LogP contribution in [-0.2, 0) is 22.6 Å². The molecule has 3 rings (SSSR count). The van der Waals surface area contributed by atoms with E-state index >= 15 is 0 Å². The average molecular weight is 418 g/mol. The van der Waals surface area contributed by atoms with Crippen LogP contribution < -0.4 is 14.4 Å². The second-order valence-corrected chi connectivity index (χ2v) is 7.37. The average Bonchev–Trinajstić information content (AvgIpc) is 3.18. The zero-order valence-corrected chi connectivity index (χ0v) is 16.1. The lowest BCUT2D eigenvalue weighted by Crippen LogP contribution is -2.20. The SMILES string of the molecule is COc1cc(N=c2sc(=O)n3n2CC(OC)C3)c(F)c(SC=C=O)c1Cl. The van der Waals surface area contributed by atoms with Crippen LogP contribution in [0, 0.1) is 5.82 Å². The molecule has 0 aliphatic carbocycles. The molecule has 0 fully saturated rings. The number of benzene rings is 1. The Morgan fingerprint density at radius 2 is 2.19 bits per heavy atom. The van der Waals surface area contributed by atoms with Gasteiger partial charge in [-0.1, -0.05) is 23.4 Å². The highest BCUT2D eigenvalue weighted by Gasteiger charge is 2.24. The molecular formula is C15H13ClFN3O4S2. The van der Waals surface area contributed by atoms with Crippen LogP contribution in [0.1, 0.15) is 0 Å². The van der Waals surface area contributed by atoms with Gasteiger partial charge in [0, 0.05) is 13.2 Å². The van der Waals surface area contributed by atoms with Gasteiger partial charge in [-0.2, -0.15) is 0 Å². The van der Waals surface area contributed by atoms with Crippen LogP contribution in [0.3, 0.4) is 0 Å². The van der Waals surface area contributed by atoms with Gasteiger partial charge in [0.15, 0.2) is 5.82 Å². The fraction of sp³-hybridized carbons (Fsp3) is 0.333. The Morgan fingerprint density at radius 3 is 2.85 bits per heavy atom. The third-order valence-corrected chi connectivity index (χ3v) is 5.95. The summed E-state index contributed by atoms with van der Waals surface area (Å²) in [4.78, 5) is 27.0. The maximum atomic E-state index is 14.8. The van der Waals surface area contributed by atoms with Crippen molar-refractivity contribution in [3.8, 4) is 5.75 Å². The van der Waals surface area contributed by atoms with E-state index in [1.165, 1.54) is 17.9 Å². The van der Waals surface area contributed by atoms with Gasteiger partial charge in [-0.3, -0.25) is 9.48 Å². The van der Waals surface area contributed by atoms with E-state index in [2.05, 4.69) is 4.99 Å². The summed E-state index contributed by atoms with van der Waals surface area (Å²) in [5.74, 6) is 1.05. The Labute approximate surface area is 160 Å². The maximum Gasteiger partial charge on any atom is 0.325 e. The summed E-state index contributed by atoms with van der Waals surface area (Å²) in [7, 11) is 2.95. The standard InChI is InChI=1S/C15H13ClFN3O4S2/c1-23-8-6-19-14(26-15(22)20(19)7-8)18-9-5-10(24-2)11(16)13(12(9)17)25-4-3-21/h4-5,8H,6-7H2,1-2H3. The van der Waals surface area contributed by atoms with Crippen molar-refractivity contribution < 1.29 is 18.7 Å². The molecule has 1 aliphatic heterocycles. The molecule has 0 N–H and O–H groups in total. The number of hydrogen-bond donors (Lipinski definition) is 0. The van der Waals surface area contributed by atoms with Gasteiger partial charge in [-0.05, 0) is 11.3 Å². The summed E-state index contributed by atoms with van der Waals surface area (Å²) < 4.78 is 28.4. The van der Waals surface area contributed by atoms with Crippen LogP contribution in [0.4, 0.5) is 10.1 Å². The van der Waals surface area contributed by atoms with Crippen molar-refractivity contribution in [1.29, 1.82) is 0 Å². The molecule has 7 nitrogen and oxygen atoms in total. The monoisotopic (exact) mass is 417 g/mol. The van der Waals surface area contributed by atoms with Crippen molar-refractivity contribution in [3.05, 3.63) is 36.8 Å². The molecule has 1 aromatic heterocycles. The van der Waals surface area contributed by atoms with Gasteiger partial charge < -0.3 is 9.47 Å². The number of nitrogens with zero attached hydrogens (tertiary/aromatic N) is 3. The number of aromatic nitrogens is 2. The zero-order valence-electron chi connectivity index (χ0n) is 13.7. The van der Waals surface area contributed by atoms with E-state index in [4.69, 9.17) is 21.1 Å². The van der Waals surface area contributed by atoms with Crippen LogP contribution in [0.2, 0.25) is 5.02 Å². The van der Waals surface area contributed by atoms with Crippen molar-refractivity contribution in [3.63, 3.8) is 0 Å². The third-order valence-electron chi connectivity index (χ3n) is 3.76. The van der Waals surface area contributed by atoms with Gasteiger partial charge in [0.2, 0.25) is 4.80 Å². The lowest BCUT2D eigenvalue weighted by molar-refractivity contribution is 0.0992. The predicted molar refractivity (Wildman–Crippen MR) is 96.7 cm³/mol. The molecule has 0 saturated carbocycles. The van der Waals surface area contributed by atoms with Crippen LogP contribution in [0.5, 0.6) is 5.75 Å². The van der Waals surface area contributed by atoms with E-state index < -0.39 is 5.82 Å². The van der Waals surface area contributed by atoms with Crippen molar-refractivity contribution >= 4 is 46.3 Å². The highest BCUT2D eigenvalue weighted by Crippen LogP contribution is 2.41. The largest absolute Gasteiger partial charge is 0.495 e. The Kier molecular flexibility index (Phi) is 5.69. The number of fused-ring (bicyclic) bond motifs is 1. The lowest BCUT2D eigenvalue weighted by Gasteiger charge is -2.10. The van der Waals surface area contributed by atoms with Gasteiger partial charge in [-0.15, -0.1) is 0 Å². The fourth-order valence-corrected chi connectivity index (χ4v) is 4.29. The normalized spacial score (nSPS) is 16.5. The smallest absolute Gasteiger partial charge is 0.325 e. The molecule has 2 aromatic rings. The van der Waals surface area contributed by atoms with E-state index in [9.17, 15) is 14.0 Å². The molecule has 0 radical (unpaired) electrons. The van der Waals surface area contributed by atoms with E-state index in [0.717, 1.165) is 28.5 Å². The minimum absolute atomic E-state index is 0.00362. The first-order valence-corrected chi connectivity index (χ1v) is 9.37. The molecule has 1 aromatic carbocycles. The number of halogens is 2. The Balaban J connectivity index is 2.17. The first-order chi connectivity index (χ1) is 12.5. The van der Waals surface area contributed by atoms with Crippen LogP contribution in [0.15, 0.2) is 26.2 Å². The number of thioether (sulfide) groups is 1. The first-order valence-electron chi connectivity index (χ1n) is 7.30. The van der Waals surface area contributed by atoms with E-state index in [0.29, 0.717) is 17.9 Å². The van der Waals surface area contributed by atoms with Gasteiger partial charge in [0.05, 0.1) is 41.6 Å². The van der Waals surface area contributed by atoms with Crippen LogP contribution >= 0.6 is 34.7 Å². The molecule has 1 unspecified atom stereocenters. The minimum atomic E-state index is -0.714. The molecule has 0 spiro atoms. The summed E-state index contributed by atoms with van der Waals surface area (Å²) in [6.45, 7) is 0.856. The highest BCUT2D eigenvalue weighted by atomic mass is 35.5. The molecule has 1 atom stereocenters. The number of carbonyl (C=O) groups excluding carboxylic acids is 1. The number of rotatable bonds is 5. The van der Waals surface area contributed by atoms with E-state index in [1.807, 2.05) is 0 Å². The van der Waals surface area contributed by atoms with Crippen molar-refractivity contribution in [2.75, 3.05) is 14.2 Å². The minimum Gasteiger partial charge on any atom is -0.495 e. The molecule has 2 heterocycles. The number of methoxy groups -OCH3 is 2. The summed E-state index contributed by atoms with van der Waals surface area (Å²) in [5.41, 5.74) is -0.0499. The quantitative estimate of drug-likeness (QED) is 0.550. The summed E-state index contributed by atoms with van der Waals surface area (Å²) >= 11 is 7.79. The van der Waals surface area contributed by atoms with Gasteiger partial charge in [0.1, 0.15) is 17.4 Å². The molecule has 11 heteroatoms. The molecular weight excluding hydrogens is 405 g/mol. The lowest BCUT2D eigenvalue weighted by atomic mass is 10.3. The Hall–Kier alpha value is -1.84. The van der Waals surface area contributed by atoms with Gasteiger partial charge in [0.25, 0.3) is 0 Å². The molecule has 0 saturated heterocycles. The van der Waals surface area contributed by atoms with Crippen LogP contribution in [0.25, 0.3) is 0 Å². The highest BCUT2D eigenvalue weighted by molar-refractivity contribution is 8.02. The van der Waals surface area contributed by atoms with Crippen molar-refractivity contribution in [1.82, 2.24) is 9.36 Å². The molecule has 0 bridgehead atoms. The molecule has 138 valence electrons. The fourth-order valence-electron chi connectivity index (χ4n) is 2.50. The third kappa shape index (κ3) is 3.38. The van der Waals surface area contributed by atoms with Crippen molar-refractivity contribution in [2.24, 2.45) is 4.99 Å². The molecule has 26 heavy (non-hydrogen) atoms. The predicted octanol–water partition coefficient (Wildman–Crippen LogP) is 2.21.